The fraction of sp³-hybridized carbons (Fsp3) is 0.111. The van der Waals surface area contributed by atoms with E-state index in [0.29, 0.717) is 0 Å². The highest BCUT2D eigenvalue weighted by Crippen LogP contribution is 2.33. The molecule has 0 fully saturated rings. The summed E-state index contributed by atoms with van der Waals surface area (Å²) >= 11 is 0. The molecule has 0 aliphatic rings. The third kappa shape index (κ3) is 4.37. The molecule has 2 rings (SSSR count). The summed E-state index contributed by atoms with van der Waals surface area (Å²) in [5.74, 6) is -0.371. The second-order valence-corrected chi connectivity index (χ2v) is 9.14. The maximum absolute atomic E-state index is 12.3. The molecule has 0 unspecified atom stereocenters. The number of benzene rings is 2. The first-order valence-corrected chi connectivity index (χ1v) is 10.7. The summed E-state index contributed by atoms with van der Waals surface area (Å²) in [7, 11) is -7.26. The first kappa shape index (κ1) is 19.0. The Kier molecular flexibility index (Phi) is 5.81. The van der Waals surface area contributed by atoms with E-state index >= 15 is 0 Å². The monoisotopic (exact) mass is 378 g/mol. The predicted molar refractivity (Wildman–Crippen MR) is 97.5 cm³/mol. The normalized spacial score (nSPS) is 11.7. The van der Waals surface area contributed by atoms with E-state index in [0.717, 1.165) is 0 Å². The van der Waals surface area contributed by atoms with Gasteiger partial charge in [-0.05, 0) is 24.3 Å². The van der Waals surface area contributed by atoms with Gasteiger partial charge in [0.25, 0.3) is 0 Å². The first-order valence-electron chi connectivity index (χ1n) is 7.35. The van der Waals surface area contributed by atoms with Crippen LogP contribution in [0.5, 0.6) is 11.5 Å². The highest BCUT2D eigenvalue weighted by Gasteiger charge is 2.22. The summed E-state index contributed by atoms with van der Waals surface area (Å²) in [6.07, 6.45) is 2.57. The zero-order chi connectivity index (χ0) is 18.5. The number of rotatable bonds is 8. The van der Waals surface area contributed by atoms with E-state index in [1.165, 1.54) is 36.4 Å². The molecule has 0 spiro atoms. The first-order chi connectivity index (χ1) is 11.8. The number of hydrogen-bond donors (Lipinski definition) is 0. The van der Waals surface area contributed by atoms with Gasteiger partial charge < -0.3 is 4.74 Å². The lowest BCUT2D eigenvalue weighted by Crippen LogP contribution is -2.08. The molecule has 0 saturated carbocycles. The Bertz CT molecular complexity index is 908. The van der Waals surface area contributed by atoms with Crippen LogP contribution in [0.4, 0.5) is 0 Å². The van der Waals surface area contributed by atoms with Crippen LogP contribution < -0.4 is 4.74 Å². The maximum atomic E-state index is 12.3. The van der Waals surface area contributed by atoms with E-state index in [1.54, 1.807) is 24.3 Å². The van der Waals surface area contributed by atoms with E-state index in [2.05, 4.69) is 13.2 Å². The summed E-state index contributed by atoms with van der Waals surface area (Å²) in [6.45, 7) is 6.89. The van der Waals surface area contributed by atoms with Crippen LogP contribution in [0, 0.1) is 0 Å². The van der Waals surface area contributed by atoms with Crippen molar-refractivity contribution in [3.63, 3.8) is 0 Å². The second-order valence-electron chi connectivity index (χ2n) is 5.14. The average molecular weight is 378 g/mol. The Labute approximate surface area is 148 Å². The Balaban J connectivity index is 2.53. The molecule has 5 nitrogen and oxygen atoms in total. The lowest BCUT2D eigenvalue weighted by molar-refractivity contribution is 0.454. The third-order valence-electron chi connectivity index (χ3n) is 3.26. The van der Waals surface area contributed by atoms with E-state index in [1.807, 2.05) is 0 Å². The zero-order valence-corrected chi connectivity index (χ0v) is 15.1. The van der Waals surface area contributed by atoms with Gasteiger partial charge in [-0.25, -0.2) is 16.8 Å². The van der Waals surface area contributed by atoms with E-state index in [9.17, 15) is 16.8 Å². The largest absolute Gasteiger partial charge is 0.455 e. The van der Waals surface area contributed by atoms with Crippen molar-refractivity contribution in [3.8, 4) is 11.5 Å². The summed E-state index contributed by atoms with van der Waals surface area (Å²) in [4.78, 5) is -0.0448. The summed E-state index contributed by atoms with van der Waals surface area (Å²) in [6, 6.07) is 12.2. The fourth-order valence-electron chi connectivity index (χ4n) is 2.19. The van der Waals surface area contributed by atoms with Crippen molar-refractivity contribution in [2.45, 2.75) is 9.79 Å². The molecule has 0 amide bonds. The highest BCUT2D eigenvalue weighted by atomic mass is 32.2. The molecule has 0 saturated heterocycles. The number of ether oxygens (including phenoxy) is 1. The molecule has 0 bridgehead atoms. The van der Waals surface area contributed by atoms with Crippen LogP contribution in [0.1, 0.15) is 0 Å². The van der Waals surface area contributed by atoms with Gasteiger partial charge in [0, 0.05) is 0 Å². The number of para-hydroxylation sites is 2. The topological polar surface area (TPSA) is 77.5 Å². The maximum Gasteiger partial charge on any atom is 0.185 e. The van der Waals surface area contributed by atoms with Crippen LogP contribution in [-0.2, 0) is 19.7 Å². The summed E-state index contributed by atoms with van der Waals surface area (Å²) < 4.78 is 55.1. The number of sulfone groups is 2. The second kappa shape index (κ2) is 7.67. The molecule has 0 radical (unpaired) electrons. The van der Waals surface area contributed by atoms with Crippen molar-refractivity contribution in [2.75, 3.05) is 11.5 Å². The van der Waals surface area contributed by atoms with E-state index in [4.69, 9.17) is 4.74 Å². The van der Waals surface area contributed by atoms with Gasteiger partial charge in [0.2, 0.25) is 0 Å². The van der Waals surface area contributed by atoms with Crippen molar-refractivity contribution in [2.24, 2.45) is 0 Å². The lowest BCUT2D eigenvalue weighted by atomic mass is 10.3. The molecule has 0 aliphatic carbocycles. The van der Waals surface area contributed by atoms with Crippen molar-refractivity contribution < 1.29 is 21.6 Å². The molecular weight excluding hydrogens is 360 g/mol. The minimum Gasteiger partial charge on any atom is -0.455 e. The van der Waals surface area contributed by atoms with Gasteiger partial charge in [-0.2, -0.15) is 0 Å². The molecule has 0 atom stereocenters. The van der Waals surface area contributed by atoms with Gasteiger partial charge >= 0.3 is 0 Å². The van der Waals surface area contributed by atoms with Crippen LogP contribution in [-0.4, -0.2) is 28.3 Å². The smallest absolute Gasteiger partial charge is 0.185 e. The molecule has 0 aromatic heterocycles. The van der Waals surface area contributed by atoms with E-state index < -0.39 is 19.7 Å². The Hall–Kier alpha value is -2.38. The molecule has 7 heteroatoms. The molecule has 0 heterocycles. The Morgan fingerprint density at radius 2 is 1.08 bits per heavy atom. The number of hydrogen-bond acceptors (Lipinski definition) is 5. The van der Waals surface area contributed by atoms with Gasteiger partial charge in [0.15, 0.2) is 19.7 Å². The van der Waals surface area contributed by atoms with Gasteiger partial charge in [0.1, 0.15) is 21.3 Å². The van der Waals surface area contributed by atoms with Gasteiger partial charge in [-0.3, -0.25) is 0 Å². The lowest BCUT2D eigenvalue weighted by Gasteiger charge is -2.14. The van der Waals surface area contributed by atoms with Crippen LogP contribution in [0.2, 0.25) is 0 Å². The highest BCUT2D eigenvalue weighted by molar-refractivity contribution is 7.92. The Morgan fingerprint density at radius 1 is 0.720 bits per heavy atom. The SMILES string of the molecule is C=CCS(=O)(=O)c1ccccc1Oc1ccccc1S(=O)(=O)CC=C. The summed E-state index contributed by atoms with van der Waals surface area (Å²) in [5, 5.41) is 0. The molecule has 25 heavy (non-hydrogen) atoms. The van der Waals surface area contributed by atoms with E-state index in [-0.39, 0.29) is 32.8 Å². The average Bonchev–Trinajstić information content (AvgIpc) is 2.55. The van der Waals surface area contributed by atoms with Crippen LogP contribution in [0.25, 0.3) is 0 Å². The van der Waals surface area contributed by atoms with Crippen molar-refractivity contribution in [3.05, 3.63) is 73.8 Å². The van der Waals surface area contributed by atoms with Gasteiger partial charge in [-0.15, -0.1) is 13.2 Å². The van der Waals surface area contributed by atoms with Gasteiger partial charge in [0.05, 0.1) is 11.5 Å². The molecule has 2 aromatic carbocycles. The van der Waals surface area contributed by atoms with Gasteiger partial charge in [-0.1, -0.05) is 36.4 Å². The van der Waals surface area contributed by atoms with Crippen LogP contribution >= 0.6 is 0 Å². The summed E-state index contributed by atoms with van der Waals surface area (Å²) in [5.41, 5.74) is 0. The van der Waals surface area contributed by atoms with Crippen molar-refractivity contribution in [1.82, 2.24) is 0 Å². The molecule has 0 aliphatic heterocycles. The zero-order valence-electron chi connectivity index (χ0n) is 13.5. The predicted octanol–water partition coefficient (Wildman–Crippen LogP) is 3.40. The minimum atomic E-state index is -3.63. The van der Waals surface area contributed by atoms with Crippen molar-refractivity contribution >= 4 is 19.7 Å². The Morgan fingerprint density at radius 3 is 1.44 bits per heavy atom. The third-order valence-corrected chi connectivity index (χ3v) is 6.63. The molecular formula is C18H18O5S2. The molecule has 0 N–H and O–H groups in total. The fourth-order valence-corrected chi connectivity index (χ4v) is 4.58. The van der Waals surface area contributed by atoms with Crippen LogP contribution in [0.15, 0.2) is 83.6 Å². The van der Waals surface area contributed by atoms with Crippen LogP contribution in [0.3, 0.4) is 0 Å². The molecule has 132 valence electrons. The standard InChI is InChI=1S/C18H18O5S2/c1-3-13-24(19,20)17-11-7-5-9-15(17)23-16-10-6-8-12-18(16)25(21,22)14-4-2/h3-12H,1-2,13-14H2. The quantitative estimate of drug-likeness (QED) is 0.658. The minimum absolute atomic E-state index is 0.0224. The molecule has 2 aromatic rings. The van der Waals surface area contributed by atoms with Crippen molar-refractivity contribution in [1.29, 1.82) is 0 Å².